The second-order valence-corrected chi connectivity index (χ2v) is 7.65. The summed E-state index contributed by atoms with van der Waals surface area (Å²) in [6, 6.07) is 8.46. The van der Waals surface area contributed by atoms with Crippen LogP contribution in [-0.4, -0.2) is 29.0 Å². The van der Waals surface area contributed by atoms with Crippen molar-refractivity contribution in [2.75, 3.05) is 13.2 Å². The van der Waals surface area contributed by atoms with Crippen molar-refractivity contribution in [2.24, 2.45) is 0 Å². The van der Waals surface area contributed by atoms with Crippen molar-refractivity contribution < 1.29 is 28.9 Å². The average molecular weight is 475 g/mol. The molecule has 0 heterocycles. The number of rotatable bonds is 15. The molecule has 0 unspecified atom stereocenters. The van der Waals surface area contributed by atoms with Crippen LogP contribution < -0.4 is 14.2 Å². The van der Waals surface area contributed by atoms with Gasteiger partial charge in [0.15, 0.2) is 0 Å². The maximum absolute atomic E-state index is 12.6. The number of carbonyl (C=O) groups excluding carboxylic acids is 1. The van der Waals surface area contributed by atoms with Gasteiger partial charge in [0, 0.05) is 0 Å². The maximum Gasteiger partial charge on any atom is 0.392 e. The Morgan fingerprint density at radius 3 is 1.91 bits per heavy atom. The van der Waals surface area contributed by atoms with Crippen LogP contribution in [0.25, 0.3) is 0 Å². The molecule has 10 nitrogen and oxygen atoms in total. The van der Waals surface area contributed by atoms with E-state index >= 15 is 0 Å². The summed E-state index contributed by atoms with van der Waals surface area (Å²) in [6.45, 7) is 4.80. The van der Waals surface area contributed by atoms with Gasteiger partial charge in [-0.1, -0.05) is 46.0 Å². The number of carbonyl (C=O) groups is 1. The standard InChI is InChI=1S/C24H30N2O8/c1-3-5-7-8-9-17-32-19-12-10-18(11-13-19)24(27)34-21-15-14-20(33-16-6-4-2)22(25(28)29)23(21)26(30)31/h10-15H,3-9,16-17H2,1-2H3. The van der Waals surface area contributed by atoms with Gasteiger partial charge in [-0.25, -0.2) is 4.79 Å². The van der Waals surface area contributed by atoms with Crippen molar-refractivity contribution >= 4 is 17.3 Å². The number of esters is 1. The largest absolute Gasteiger partial charge is 0.494 e. The number of hydrogen-bond donors (Lipinski definition) is 0. The Kier molecular flexibility index (Phi) is 10.8. The summed E-state index contributed by atoms with van der Waals surface area (Å²) in [6.07, 6.45) is 6.98. The van der Waals surface area contributed by atoms with Gasteiger partial charge in [0.05, 0.1) is 28.6 Å². The quantitative estimate of drug-likeness (QED) is 0.0973. The lowest BCUT2D eigenvalue weighted by Crippen LogP contribution is -2.11. The molecular weight excluding hydrogens is 444 g/mol. The number of benzene rings is 2. The second-order valence-electron chi connectivity index (χ2n) is 7.65. The molecule has 0 saturated carbocycles. The van der Waals surface area contributed by atoms with Crippen LogP contribution in [0.1, 0.15) is 69.2 Å². The highest BCUT2D eigenvalue weighted by Gasteiger charge is 2.36. The van der Waals surface area contributed by atoms with Gasteiger partial charge >= 0.3 is 17.3 Å². The molecule has 184 valence electrons. The third kappa shape index (κ3) is 7.72. The Balaban J connectivity index is 2.11. The van der Waals surface area contributed by atoms with E-state index in [-0.39, 0.29) is 17.9 Å². The van der Waals surface area contributed by atoms with Gasteiger partial charge in [-0.05, 0) is 49.2 Å². The molecule has 2 aromatic rings. The number of unbranched alkanes of at least 4 members (excludes halogenated alkanes) is 5. The molecule has 10 heteroatoms. The zero-order chi connectivity index (χ0) is 24.9. The molecule has 2 aromatic carbocycles. The van der Waals surface area contributed by atoms with Gasteiger partial charge in [0.2, 0.25) is 11.5 Å². The van der Waals surface area contributed by atoms with Crippen LogP contribution in [0.4, 0.5) is 11.4 Å². The van der Waals surface area contributed by atoms with E-state index in [0.29, 0.717) is 18.8 Å². The van der Waals surface area contributed by atoms with Gasteiger partial charge in [-0.2, -0.15) is 0 Å². The van der Waals surface area contributed by atoms with Crippen molar-refractivity contribution in [3.05, 3.63) is 62.2 Å². The molecule has 0 atom stereocenters. The molecule has 0 spiro atoms. The summed E-state index contributed by atoms with van der Waals surface area (Å²) in [7, 11) is 0. The zero-order valence-corrected chi connectivity index (χ0v) is 19.5. The van der Waals surface area contributed by atoms with Crippen LogP contribution in [0, 0.1) is 20.2 Å². The molecule has 0 radical (unpaired) electrons. The van der Waals surface area contributed by atoms with E-state index in [4.69, 9.17) is 14.2 Å². The number of hydrogen-bond acceptors (Lipinski definition) is 8. The number of ether oxygens (including phenoxy) is 3. The molecule has 0 aliphatic carbocycles. The SMILES string of the molecule is CCCCCCCOc1ccc(C(=O)Oc2ccc(OCCCC)c([N+](=O)[O-])c2[N+](=O)[O-])cc1. The van der Waals surface area contributed by atoms with E-state index in [0.717, 1.165) is 25.3 Å². The predicted molar refractivity (Wildman–Crippen MR) is 126 cm³/mol. The van der Waals surface area contributed by atoms with E-state index in [1.54, 1.807) is 12.1 Å². The summed E-state index contributed by atoms with van der Waals surface area (Å²) < 4.78 is 16.2. The molecule has 0 aliphatic rings. The minimum atomic E-state index is -0.953. The molecule has 34 heavy (non-hydrogen) atoms. The highest BCUT2D eigenvalue weighted by atomic mass is 16.6. The van der Waals surface area contributed by atoms with Crippen LogP contribution in [0.3, 0.4) is 0 Å². The topological polar surface area (TPSA) is 131 Å². The molecule has 0 amide bonds. The highest BCUT2D eigenvalue weighted by Crippen LogP contribution is 2.43. The van der Waals surface area contributed by atoms with Gasteiger partial charge in [-0.3, -0.25) is 20.2 Å². The Bertz CT molecular complexity index is 976. The summed E-state index contributed by atoms with van der Waals surface area (Å²) in [5.41, 5.74) is -1.67. The smallest absolute Gasteiger partial charge is 0.392 e. The maximum atomic E-state index is 12.6. The van der Waals surface area contributed by atoms with Crippen LogP contribution in [0.5, 0.6) is 17.2 Å². The first-order valence-corrected chi connectivity index (χ1v) is 11.4. The molecule has 0 fully saturated rings. The molecule has 0 aromatic heterocycles. The fraction of sp³-hybridized carbons (Fsp3) is 0.458. The van der Waals surface area contributed by atoms with Crippen molar-refractivity contribution in [2.45, 2.75) is 58.8 Å². The van der Waals surface area contributed by atoms with Gasteiger partial charge < -0.3 is 14.2 Å². The first-order chi connectivity index (χ1) is 16.4. The predicted octanol–water partition coefficient (Wildman–Crippen LogP) is 6.25. The Morgan fingerprint density at radius 2 is 1.29 bits per heavy atom. The van der Waals surface area contributed by atoms with Gasteiger partial charge in [-0.15, -0.1) is 0 Å². The normalized spacial score (nSPS) is 10.5. The monoisotopic (exact) mass is 474 g/mol. The van der Waals surface area contributed by atoms with Gasteiger partial charge in [0.25, 0.3) is 0 Å². The van der Waals surface area contributed by atoms with Crippen LogP contribution >= 0.6 is 0 Å². The first-order valence-electron chi connectivity index (χ1n) is 11.4. The summed E-state index contributed by atoms with van der Waals surface area (Å²) in [5.74, 6) is -1.08. The van der Waals surface area contributed by atoms with Crippen LogP contribution in [0.15, 0.2) is 36.4 Å². The summed E-state index contributed by atoms with van der Waals surface area (Å²) in [4.78, 5) is 33.9. The second kappa shape index (κ2) is 13.8. The zero-order valence-electron chi connectivity index (χ0n) is 19.5. The number of nitro groups is 2. The fourth-order valence-corrected chi connectivity index (χ4v) is 3.16. The third-order valence-corrected chi connectivity index (χ3v) is 5.01. The highest BCUT2D eigenvalue weighted by molar-refractivity contribution is 5.92. The average Bonchev–Trinajstić information content (AvgIpc) is 2.82. The molecule has 0 bridgehead atoms. The number of nitro benzene ring substituents is 2. The Hall–Kier alpha value is -3.69. The molecule has 0 N–H and O–H groups in total. The third-order valence-electron chi connectivity index (χ3n) is 5.01. The lowest BCUT2D eigenvalue weighted by atomic mass is 10.2. The minimum absolute atomic E-state index is 0.121. The summed E-state index contributed by atoms with van der Waals surface area (Å²) in [5, 5.41) is 23.2. The molecular formula is C24H30N2O8. The van der Waals surface area contributed by atoms with E-state index in [2.05, 4.69) is 6.92 Å². The van der Waals surface area contributed by atoms with E-state index in [1.165, 1.54) is 37.5 Å². The molecule has 0 aliphatic heterocycles. The Morgan fingerprint density at radius 1 is 0.735 bits per heavy atom. The van der Waals surface area contributed by atoms with Crippen molar-refractivity contribution in [1.82, 2.24) is 0 Å². The fourth-order valence-electron chi connectivity index (χ4n) is 3.16. The van der Waals surface area contributed by atoms with E-state index in [1.807, 2.05) is 6.92 Å². The first kappa shape index (κ1) is 26.6. The number of nitrogens with zero attached hydrogens (tertiary/aromatic N) is 2. The van der Waals surface area contributed by atoms with Crippen molar-refractivity contribution in [3.63, 3.8) is 0 Å². The Labute approximate surface area is 198 Å². The van der Waals surface area contributed by atoms with Crippen LogP contribution in [0.2, 0.25) is 0 Å². The minimum Gasteiger partial charge on any atom is -0.494 e. The van der Waals surface area contributed by atoms with Crippen LogP contribution in [-0.2, 0) is 0 Å². The van der Waals surface area contributed by atoms with E-state index in [9.17, 15) is 25.0 Å². The van der Waals surface area contributed by atoms with Gasteiger partial charge in [0.1, 0.15) is 5.75 Å². The van der Waals surface area contributed by atoms with E-state index < -0.39 is 32.9 Å². The molecule has 0 saturated heterocycles. The van der Waals surface area contributed by atoms with Crippen molar-refractivity contribution in [1.29, 1.82) is 0 Å². The lowest BCUT2D eigenvalue weighted by Gasteiger charge is -2.10. The lowest BCUT2D eigenvalue weighted by molar-refractivity contribution is -0.423. The molecule has 2 rings (SSSR count). The van der Waals surface area contributed by atoms with Crippen molar-refractivity contribution in [3.8, 4) is 17.2 Å². The summed E-state index contributed by atoms with van der Waals surface area (Å²) >= 11 is 0.